The van der Waals surface area contributed by atoms with E-state index in [0.29, 0.717) is 11.4 Å². The molecule has 0 aliphatic carbocycles. The molecule has 4 aromatic heterocycles. The number of fused-ring (bicyclic) bond motifs is 2. The van der Waals surface area contributed by atoms with Gasteiger partial charge >= 0.3 is 0 Å². The van der Waals surface area contributed by atoms with E-state index in [1.165, 1.54) is 65.8 Å². The van der Waals surface area contributed by atoms with Crippen LogP contribution >= 0.6 is 0 Å². The zero-order valence-electron chi connectivity index (χ0n) is 43.2. The van der Waals surface area contributed by atoms with Gasteiger partial charge in [0.2, 0.25) is 0 Å². The molecule has 4 heterocycles. The number of hydrogen-bond donors (Lipinski definition) is 4. The molecule has 0 bridgehead atoms. The number of aliphatic hydroxyl groups excluding tert-OH is 4. The minimum absolute atomic E-state index is 0. The van der Waals surface area contributed by atoms with E-state index >= 15 is 0 Å². The molecule has 14 heteroatoms. The smallest absolute Gasteiger partial charge is 0.155 e. The Labute approximate surface area is 485 Å². The molecule has 4 N–H and O–H groups in total. The number of nitrogens with zero attached hydrogens (tertiary/aromatic N) is 4. The number of allylic oxidation sites excluding steroid dienone is 3. The van der Waals surface area contributed by atoms with Crippen molar-refractivity contribution in [3.63, 3.8) is 0 Å². The van der Waals surface area contributed by atoms with Gasteiger partial charge in [0.1, 0.15) is 11.5 Å². The number of pyridine rings is 4. The Morgan fingerprint density at radius 1 is 0.658 bits per heavy atom. The summed E-state index contributed by atoms with van der Waals surface area (Å²) in [5.74, 6) is -1.18. The van der Waals surface area contributed by atoms with Crippen molar-refractivity contribution in [1.82, 2.24) is 19.9 Å². The van der Waals surface area contributed by atoms with Crippen LogP contribution in [0.25, 0.3) is 61.2 Å². The predicted octanol–water partition coefficient (Wildman–Crippen LogP) is 14.9. The van der Waals surface area contributed by atoms with Crippen LogP contribution in [0.15, 0.2) is 188 Å². The van der Waals surface area contributed by atoms with E-state index in [1.54, 1.807) is 55.7 Å². The molecule has 0 saturated heterocycles. The van der Waals surface area contributed by atoms with Gasteiger partial charge in [0.05, 0.1) is 23.1 Å². The molecule has 0 aliphatic rings. The average Bonchev–Trinajstić information content (AvgIpc) is 3.35. The number of benzene rings is 5. The van der Waals surface area contributed by atoms with Gasteiger partial charge in [-0.2, -0.15) is 0 Å². The Morgan fingerprint density at radius 3 is 1.84 bits per heavy atom. The first-order valence-electron chi connectivity index (χ1n) is 23.0. The van der Waals surface area contributed by atoms with Gasteiger partial charge in [0.15, 0.2) is 5.78 Å². The molecule has 9 rings (SSSR count). The molecular formula is C62H59F2Ir3N4O5-3. The van der Waals surface area contributed by atoms with Crippen LogP contribution in [0, 0.1) is 57.5 Å². The maximum absolute atomic E-state index is 13.2. The summed E-state index contributed by atoms with van der Waals surface area (Å²) < 4.78 is 25.8. The van der Waals surface area contributed by atoms with E-state index in [2.05, 4.69) is 116 Å². The SMILES string of the molecule is C=C(O)c1ccccn1.CC(=O)C=C(C)O.CC(O)=CC(C)O.Cc1[c-]c(-c2ccc3cc(C)c(C)cc3n2)cc(C)c1.Fc1c[c-]c(-c2ccccn2)c(F)c1.[Ir].[Ir].[Ir].[c-]1ccccc1-c1nccc2ccccc12. The molecule has 9 nitrogen and oxygen atoms in total. The quantitative estimate of drug-likeness (QED) is 0.0725. The third kappa shape index (κ3) is 23.4. The number of ketones is 1. The number of aryl methyl sites for hydroxylation is 4. The molecule has 5 aromatic carbocycles. The maximum atomic E-state index is 13.2. The van der Waals surface area contributed by atoms with Crippen LogP contribution in [-0.2, 0) is 65.1 Å². The van der Waals surface area contributed by atoms with Crippen LogP contribution in [0.5, 0.6) is 0 Å². The van der Waals surface area contributed by atoms with E-state index < -0.39 is 17.7 Å². The minimum Gasteiger partial charge on any atom is -0.513 e. The summed E-state index contributed by atoms with van der Waals surface area (Å²) in [6.45, 7) is 17.7. The molecule has 9 aromatic rings. The third-order valence-corrected chi connectivity index (χ3v) is 10.0. The molecule has 0 amide bonds. The van der Waals surface area contributed by atoms with Gasteiger partial charge in [-0.05, 0) is 128 Å². The summed E-state index contributed by atoms with van der Waals surface area (Å²) in [6, 6.07) is 52.5. The summed E-state index contributed by atoms with van der Waals surface area (Å²) in [5, 5.41) is 37.6. The number of hydrogen-bond acceptors (Lipinski definition) is 9. The van der Waals surface area contributed by atoms with Crippen molar-refractivity contribution in [1.29, 1.82) is 0 Å². The fourth-order valence-electron chi connectivity index (χ4n) is 6.78. The molecule has 0 fully saturated rings. The van der Waals surface area contributed by atoms with E-state index in [1.807, 2.05) is 48.7 Å². The second-order valence-electron chi connectivity index (χ2n) is 16.6. The predicted molar refractivity (Wildman–Crippen MR) is 290 cm³/mol. The zero-order valence-corrected chi connectivity index (χ0v) is 50.4. The first-order chi connectivity index (χ1) is 34.8. The fraction of sp³-hybridized carbons (Fsp3) is 0.145. The number of carbonyl (C=O) groups excluding carboxylic acids is 1. The van der Waals surface area contributed by atoms with Crippen LogP contribution in [0.4, 0.5) is 8.78 Å². The van der Waals surface area contributed by atoms with Gasteiger partial charge < -0.3 is 30.4 Å². The van der Waals surface area contributed by atoms with Crippen molar-refractivity contribution in [2.75, 3.05) is 0 Å². The van der Waals surface area contributed by atoms with Crippen LogP contribution in [0.1, 0.15) is 55.6 Å². The number of carbonyl (C=O) groups is 1. The molecule has 1 unspecified atom stereocenters. The summed E-state index contributed by atoms with van der Waals surface area (Å²) in [7, 11) is 0. The number of aliphatic hydroxyl groups is 4. The van der Waals surface area contributed by atoms with Crippen LogP contribution in [0.2, 0.25) is 0 Å². The second-order valence-corrected chi connectivity index (χ2v) is 16.6. The second kappa shape index (κ2) is 34.8. The third-order valence-electron chi connectivity index (χ3n) is 10.0. The van der Waals surface area contributed by atoms with Gasteiger partial charge in [-0.3, -0.25) is 23.5 Å². The van der Waals surface area contributed by atoms with Gasteiger partial charge in [0, 0.05) is 96.6 Å². The molecule has 1 atom stereocenters. The summed E-state index contributed by atoms with van der Waals surface area (Å²) in [4.78, 5) is 27.0. The molecule has 0 saturated carbocycles. The van der Waals surface area contributed by atoms with Crippen molar-refractivity contribution in [2.45, 2.75) is 61.5 Å². The first kappa shape index (κ1) is 67.3. The van der Waals surface area contributed by atoms with Gasteiger partial charge in [-0.1, -0.05) is 86.7 Å². The Hall–Kier alpha value is -6.72. The van der Waals surface area contributed by atoms with Crippen molar-refractivity contribution in [3.8, 4) is 33.8 Å². The summed E-state index contributed by atoms with van der Waals surface area (Å²) >= 11 is 0. The van der Waals surface area contributed by atoms with E-state index in [-0.39, 0.29) is 88.9 Å². The number of halogens is 2. The normalized spacial score (nSPS) is 10.6. The monoisotopic (exact) mass is 1560 g/mol. The van der Waals surface area contributed by atoms with Crippen molar-refractivity contribution in [3.05, 3.63) is 246 Å². The van der Waals surface area contributed by atoms with Crippen LogP contribution in [0.3, 0.4) is 0 Å². The van der Waals surface area contributed by atoms with Gasteiger partial charge in [0.25, 0.3) is 0 Å². The van der Waals surface area contributed by atoms with Crippen LogP contribution < -0.4 is 0 Å². The van der Waals surface area contributed by atoms with E-state index in [9.17, 15) is 13.6 Å². The number of aromatic nitrogens is 4. The largest absolute Gasteiger partial charge is 0.513 e. The van der Waals surface area contributed by atoms with Gasteiger partial charge in [-0.15, -0.1) is 82.9 Å². The van der Waals surface area contributed by atoms with Crippen LogP contribution in [-0.4, -0.2) is 52.2 Å². The standard InChI is InChI=1S/C19H18N.C15H10N.C11H6F2N.C7H7NO.C5H10O2.C5H8O2.3Ir/c1-12-7-13(2)9-17(8-12)18-6-5-16-10-14(3)15(4)11-19(16)20-18;1-2-7-13(8-3-1)15-14-9-5-4-6-12(14)10-11-16-15;12-8-4-5-9(10(13)7-8)11-3-1-2-6-14-11;1-6(9)7-4-2-3-5-8-7;2*1-4(6)3-5(2)7;;;/h5-8,10-11H,1-4H3;1-7,9-11H;1-4,6-7H;2-5,9H,1H2;3-4,6-7H,1-2H3;3,6H,1-2H3;;;/q3*-1;;;;;;. The van der Waals surface area contributed by atoms with Crippen molar-refractivity contribution in [2.24, 2.45) is 0 Å². The minimum atomic E-state index is -0.649. The summed E-state index contributed by atoms with van der Waals surface area (Å²) in [6.07, 6.45) is 6.99. The summed E-state index contributed by atoms with van der Waals surface area (Å²) in [5.41, 5.74) is 11.3. The van der Waals surface area contributed by atoms with E-state index in [0.717, 1.165) is 45.7 Å². The van der Waals surface area contributed by atoms with Gasteiger partial charge in [-0.25, -0.2) is 0 Å². The Morgan fingerprint density at radius 2 is 1.32 bits per heavy atom. The molecule has 76 heavy (non-hydrogen) atoms. The Bertz CT molecular complexity index is 3260. The molecule has 401 valence electrons. The molecule has 0 aliphatic heterocycles. The molecular weight excluding hydrogens is 1500 g/mol. The average molecular weight is 1550 g/mol. The zero-order chi connectivity index (χ0) is 53.5. The topological polar surface area (TPSA) is 150 Å². The van der Waals surface area contributed by atoms with Crippen molar-refractivity contribution >= 4 is 33.2 Å². The Balaban J connectivity index is 0.000000472. The maximum Gasteiger partial charge on any atom is 0.155 e. The fourth-order valence-corrected chi connectivity index (χ4v) is 6.78. The van der Waals surface area contributed by atoms with E-state index in [4.69, 9.17) is 25.4 Å². The Kier molecular flexibility index (Phi) is 30.8. The number of rotatable bonds is 6. The molecule has 3 radical (unpaired) electrons. The molecule has 0 spiro atoms. The van der Waals surface area contributed by atoms with Crippen molar-refractivity contribution < 1.29 is 94.3 Å². The first-order valence-corrected chi connectivity index (χ1v) is 23.0.